The van der Waals surface area contributed by atoms with Gasteiger partial charge in [-0.25, -0.2) is 0 Å². The van der Waals surface area contributed by atoms with Crippen molar-refractivity contribution in [1.29, 1.82) is 0 Å². The van der Waals surface area contributed by atoms with Gasteiger partial charge in [-0.15, -0.1) is 0 Å². The van der Waals surface area contributed by atoms with Crippen LogP contribution >= 0.6 is 0 Å². The lowest BCUT2D eigenvalue weighted by Crippen LogP contribution is -2.54. The summed E-state index contributed by atoms with van der Waals surface area (Å²) in [7, 11) is 1.68. The first-order valence-electron chi connectivity index (χ1n) is 7.59. The Morgan fingerprint density at radius 2 is 2.15 bits per heavy atom. The second-order valence-corrected chi connectivity index (χ2v) is 6.94. The quantitative estimate of drug-likeness (QED) is 0.633. The van der Waals surface area contributed by atoms with E-state index in [-0.39, 0.29) is 29.3 Å². The molecule has 2 heterocycles. The lowest BCUT2D eigenvalue weighted by Gasteiger charge is -2.41. The summed E-state index contributed by atoms with van der Waals surface area (Å²) in [4.78, 5) is 0. The van der Waals surface area contributed by atoms with Crippen LogP contribution in [0.1, 0.15) is 40.0 Å². The molecule has 1 spiro atoms. The minimum absolute atomic E-state index is 0.117. The predicted octanol–water partition coefficient (Wildman–Crippen LogP) is 2.06. The molecule has 3 aliphatic rings. The first-order valence-corrected chi connectivity index (χ1v) is 7.59. The van der Waals surface area contributed by atoms with Crippen molar-refractivity contribution in [2.24, 2.45) is 5.92 Å². The van der Waals surface area contributed by atoms with E-state index in [1.165, 1.54) is 5.57 Å². The Morgan fingerprint density at radius 1 is 1.45 bits per heavy atom. The maximum atomic E-state index is 10.2. The molecule has 2 saturated heterocycles. The van der Waals surface area contributed by atoms with E-state index in [1.54, 1.807) is 7.11 Å². The molecule has 0 bridgehead atoms. The van der Waals surface area contributed by atoms with E-state index >= 15 is 0 Å². The van der Waals surface area contributed by atoms with Gasteiger partial charge in [0.25, 0.3) is 0 Å². The smallest absolute Gasteiger partial charge is 0.101 e. The number of hydrogen-bond donors (Lipinski definition) is 1. The Bertz CT molecular complexity index is 411. The Morgan fingerprint density at radius 3 is 2.70 bits per heavy atom. The molecule has 4 heteroatoms. The normalized spacial score (nSPS) is 50.0. The van der Waals surface area contributed by atoms with Gasteiger partial charge in [0.15, 0.2) is 0 Å². The summed E-state index contributed by atoms with van der Waals surface area (Å²) >= 11 is 0. The molecule has 1 aliphatic carbocycles. The molecule has 0 aromatic rings. The molecule has 0 aromatic carbocycles. The molecule has 3 rings (SSSR count). The Hall–Kier alpha value is -0.420. The standard InChI is InChI=1S/C16H26O4/c1-10(2)5-6-12-15(3,20-12)14-13(18-4)11(17)7-8-16(14)9-19-16/h5,11-14,17H,6-9H2,1-4H3/t11-,12-,13-,14?,15?,16+/m1/s1. The van der Waals surface area contributed by atoms with Gasteiger partial charge in [-0.2, -0.15) is 0 Å². The van der Waals surface area contributed by atoms with Crippen molar-refractivity contribution >= 4 is 0 Å². The highest BCUT2D eigenvalue weighted by atomic mass is 16.6. The number of epoxide rings is 2. The molecule has 20 heavy (non-hydrogen) atoms. The summed E-state index contributed by atoms with van der Waals surface area (Å²) in [5, 5.41) is 10.2. The summed E-state index contributed by atoms with van der Waals surface area (Å²) in [6.07, 6.45) is 4.43. The molecule has 2 unspecified atom stereocenters. The maximum Gasteiger partial charge on any atom is 0.101 e. The van der Waals surface area contributed by atoms with Gasteiger partial charge in [0, 0.05) is 7.11 Å². The van der Waals surface area contributed by atoms with E-state index < -0.39 is 6.10 Å². The highest BCUT2D eigenvalue weighted by molar-refractivity contribution is 5.20. The van der Waals surface area contributed by atoms with Crippen LogP contribution in [0.4, 0.5) is 0 Å². The first-order chi connectivity index (χ1) is 9.43. The third-order valence-corrected chi connectivity index (χ3v) is 5.26. The average molecular weight is 282 g/mol. The Kier molecular flexibility index (Phi) is 3.49. The summed E-state index contributed by atoms with van der Waals surface area (Å²) < 4.78 is 17.4. The van der Waals surface area contributed by atoms with Crippen LogP contribution in [0.15, 0.2) is 11.6 Å². The van der Waals surface area contributed by atoms with Crippen molar-refractivity contribution < 1.29 is 19.3 Å². The second-order valence-electron chi connectivity index (χ2n) is 6.94. The molecule has 0 amide bonds. The molecule has 0 radical (unpaired) electrons. The molecule has 4 nitrogen and oxygen atoms in total. The van der Waals surface area contributed by atoms with Crippen LogP contribution in [-0.4, -0.2) is 48.3 Å². The zero-order chi connectivity index (χ0) is 14.5. The molecule has 0 aromatic heterocycles. The number of aliphatic hydroxyl groups excluding tert-OH is 1. The van der Waals surface area contributed by atoms with Crippen molar-refractivity contribution in [3.63, 3.8) is 0 Å². The largest absolute Gasteiger partial charge is 0.390 e. The van der Waals surface area contributed by atoms with Crippen LogP contribution in [0.5, 0.6) is 0 Å². The van der Waals surface area contributed by atoms with Gasteiger partial charge in [0.1, 0.15) is 5.60 Å². The van der Waals surface area contributed by atoms with Gasteiger partial charge >= 0.3 is 0 Å². The number of aliphatic hydroxyl groups is 1. The van der Waals surface area contributed by atoms with Gasteiger partial charge in [0.05, 0.1) is 36.4 Å². The van der Waals surface area contributed by atoms with E-state index in [0.29, 0.717) is 0 Å². The van der Waals surface area contributed by atoms with E-state index in [4.69, 9.17) is 14.2 Å². The van der Waals surface area contributed by atoms with Crippen molar-refractivity contribution in [3.05, 3.63) is 11.6 Å². The molecule has 1 saturated carbocycles. The average Bonchev–Trinajstić information content (AvgIpc) is 3.29. The minimum atomic E-state index is -0.412. The molecular weight excluding hydrogens is 256 g/mol. The zero-order valence-electron chi connectivity index (χ0n) is 12.9. The van der Waals surface area contributed by atoms with Crippen LogP contribution in [-0.2, 0) is 14.2 Å². The van der Waals surface area contributed by atoms with Crippen LogP contribution in [0.25, 0.3) is 0 Å². The molecule has 114 valence electrons. The molecule has 1 N–H and O–H groups in total. The van der Waals surface area contributed by atoms with Crippen LogP contribution in [0.3, 0.4) is 0 Å². The number of rotatable bonds is 4. The van der Waals surface area contributed by atoms with Gasteiger partial charge in [0.2, 0.25) is 0 Å². The van der Waals surface area contributed by atoms with Crippen LogP contribution in [0, 0.1) is 5.92 Å². The maximum absolute atomic E-state index is 10.2. The zero-order valence-corrected chi connectivity index (χ0v) is 12.9. The topological polar surface area (TPSA) is 54.5 Å². The van der Waals surface area contributed by atoms with Crippen molar-refractivity contribution in [2.45, 2.75) is 69.5 Å². The summed E-state index contributed by atoms with van der Waals surface area (Å²) in [5.74, 6) is 0.124. The fourth-order valence-corrected chi connectivity index (χ4v) is 3.96. The third-order valence-electron chi connectivity index (χ3n) is 5.26. The Labute approximate surface area is 121 Å². The molecule has 6 atom stereocenters. The summed E-state index contributed by atoms with van der Waals surface area (Å²) in [6.45, 7) is 7.13. The van der Waals surface area contributed by atoms with Gasteiger partial charge in [-0.05, 0) is 40.0 Å². The molecule has 2 aliphatic heterocycles. The first kappa shape index (κ1) is 14.5. The Balaban J connectivity index is 1.78. The highest BCUT2D eigenvalue weighted by Gasteiger charge is 2.71. The van der Waals surface area contributed by atoms with Crippen LogP contribution < -0.4 is 0 Å². The van der Waals surface area contributed by atoms with Gasteiger partial charge in [-0.1, -0.05) is 11.6 Å². The minimum Gasteiger partial charge on any atom is -0.390 e. The van der Waals surface area contributed by atoms with Crippen molar-refractivity contribution in [3.8, 4) is 0 Å². The van der Waals surface area contributed by atoms with Crippen molar-refractivity contribution in [1.82, 2.24) is 0 Å². The highest BCUT2D eigenvalue weighted by Crippen LogP contribution is 2.59. The number of ether oxygens (including phenoxy) is 3. The molecular formula is C16H26O4. The fourth-order valence-electron chi connectivity index (χ4n) is 3.96. The number of allylic oxidation sites excluding steroid dienone is 1. The number of hydrogen-bond acceptors (Lipinski definition) is 4. The van der Waals surface area contributed by atoms with Gasteiger partial charge in [-0.3, -0.25) is 0 Å². The van der Waals surface area contributed by atoms with Crippen molar-refractivity contribution in [2.75, 3.05) is 13.7 Å². The fraction of sp³-hybridized carbons (Fsp3) is 0.875. The van der Waals surface area contributed by atoms with E-state index in [1.807, 2.05) is 0 Å². The van der Waals surface area contributed by atoms with Gasteiger partial charge < -0.3 is 19.3 Å². The second kappa shape index (κ2) is 4.80. The van der Waals surface area contributed by atoms with E-state index in [0.717, 1.165) is 25.9 Å². The summed E-state index contributed by atoms with van der Waals surface area (Å²) in [6, 6.07) is 0. The SMILES string of the molecule is CO[C@H]1C(C2(C)O[C@@H]2CC=C(C)C)[C@]2(CC[C@H]1O)CO2. The number of methoxy groups -OCH3 is 1. The monoisotopic (exact) mass is 282 g/mol. The predicted molar refractivity (Wildman–Crippen MR) is 75.5 cm³/mol. The lowest BCUT2D eigenvalue weighted by molar-refractivity contribution is -0.116. The van der Waals surface area contributed by atoms with E-state index in [2.05, 4.69) is 26.8 Å². The summed E-state index contributed by atoms with van der Waals surface area (Å²) in [5.41, 5.74) is 0.964. The molecule has 3 fully saturated rings. The van der Waals surface area contributed by atoms with Crippen LogP contribution in [0.2, 0.25) is 0 Å². The van der Waals surface area contributed by atoms with E-state index in [9.17, 15) is 5.11 Å². The lowest BCUT2D eigenvalue weighted by atomic mass is 9.68. The third kappa shape index (κ3) is 2.23.